The van der Waals surface area contributed by atoms with Crippen LogP contribution in [0.2, 0.25) is 0 Å². The Bertz CT molecular complexity index is 1490. The lowest BCUT2D eigenvalue weighted by atomic mass is 10.1. The Morgan fingerprint density at radius 2 is 1.62 bits per heavy atom. The van der Waals surface area contributed by atoms with Crippen molar-refractivity contribution in [2.75, 3.05) is 31.1 Å². The van der Waals surface area contributed by atoms with E-state index in [9.17, 15) is 17.6 Å². The molecule has 0 amide bonds. The molecule has 0 saturated carbocycles. The minimum atomic E-state index is -3.87. The van der Waals surface area contributed by atoms with Gasteiger partial charge in [-0.15, -0.1) is 5.10 Å². The van der Waals surface area contributed by atoms with Crippen molar-refractivity contribution in [2.24, 2.45) is 0 Å². The summed E-state index contributed by atoms with van der Waals surface area (Å²) in [6, 6.07) is 16.9. The van der Waals surface area contributed by atoms with Crippen LogP contribution < -0.4 is 10.6 Å². The van der Waals surface area contributed by atoms with E-state index in [1.54, 1.807) is 18.2 Å². The Hall–Kier alpha value is -3.50. The number of piperazine rings is 1. The highest BCUT2D eigenvalue weighted by Gasteiger charge is 2.31. The van der Waals surface area contributed by atoms with Gasteiger partial charge in [0.05, 0.1) is 6.54 Å². The number of aromatic nitrogens is 3. The topological polar surface area (TPSA) is 79.9 Å². The molecule has 5 rings (SSSR count). The van der Waals surface area contributed by atoms with Crippen LogP contribution in [0.15, 0.2) is 76.6 Å². The molecular formula is C24H24FN5O3S. The fraction of sp³-hybridized carbons (Fsp3) is 0.250. The van der Waals surface area contributed by atoms with E-state index in [1.807, 2.05) is 36.1 Å². The first-order valence-electron chi connectivity index (χ1n) is 11.0. The standard InChI is InChI=1S/C24H24FN5O3S/c1-18-4-6-19(7-5-18)17-30-24(31)29-12-2-3-22(23(29)26-30)34(32,33)28-15-13-27(14-16-28)21-10-8-20(25)9-11-21/h2-12H,13-17H2,1H3. The Morgan fingerprint density at radius 1 is 0.941 bits per heavy atom. The maximum atomic E-state index is 13.5. The van der Waals surface area contributed by atoms with Gasteiger partial charge in [-0.2, -0.15) is 4.31 Å². The van der Waals surface area contributed by atoms with Crippen molar-refractivity contribution >= 4 is 21.4 Å². The third-order valence-electron chi connectivity index (χ3n) is 6.07. The average molecular weight is 482 g/mol. The summed E-state index contributed by atoms with van der Waals surface area (Å²) in [7, 11) is -3.87. The molecule has 0 unspecified atom stereocenters. The summed E-state index contributed by atoms with van der Waals surface area (Å²) in [5.41, 5.74) is 2.58. The second kappa shape index (κ2) is 8.69. The molecule has 0 atom stereocenters. The van der Waals surface area contributed by atoms with Crippen LogP contribution >= 0.6 is 0 Å². The molecule has 1 fully saturated rings. The van der Waals surface area contributed by atoms with E-state index >= 15 is 0 Å². The fourth-order valence-corrected chi connectivity index (χ4v) is 5.70. The van der Waals surface area contributed by atoms with Gasteiger partial charge in [0.25, 0.3) is 0 Å². The molecule has 2 aromatic heterocycles. The third-order valence-corrected chi connectivity index (χ3v) is 7.99. The molecule has 2 aromatic carbocycles. The van der Waals surface area contributed by atoms with Crippen LogP contribution in [-0.4, -0.2) is 53.1 Å². The minimum absolute atomic E-state index is 0.00462. The van der Waals surface area contributed by atoms with Crippen LogP contribution in [0.25, 0.3) is 5.65 Å². The van der Waals surface area contributed by atoms with Gasteiger partial charge in [0.1, 0.15) is 10.7 Å². The molecule has 0 bridgehead atoms. The SMILES string of the molecule is Cc1ccc(Cn2nc3c(S(=O)(=O)N4CCN(c5ccc(F)cc5)CC4)cccn3c2=O)cc1. The number of aryl methyl sites for hydroxylation is 1. The molecule has 0 aliphatic carbocycles. The lowest BCUT2D eigenvalue weighted by Gasteiger charge is -2.35. The van der Waals surface area contributed by atoms with Crippen molar-refractivity contribution in [1.82, 2.24) is 18.5 Å². The van der Waals surface area contributed by atoms with Gasteiger partial charge < -0.3 is 4.90 Å². The van der Waals surface area contributed by atoms with Crippen LogP contribution in [0.3, 0.4) is 0 Å². The average Bonchev–Trinajstić information content (AvgIpc) is 3.16. The normalized spacial score (nSPS) is 15.2. The van der Waals surface area contributed by atoms with Crippen molar-refractivity contribution < 1.29 is 12.8 Å². The second-order valence-electron chi connectivity index (χ2n) is 8.36. The molecule has 0 spiro atoms. The summed E-state index contributed by atoms with van der Waals surface area (Å²) in [6.07, 6.45) is 1.53. The number of pyridine rings is 1. The highest BCUT2D eigenvalue weighted by molar-refractivity contribution is 7.89. The second-order valence-corrected chi connectivity index (χ2v) is 10.3. The summed E-state index contributed by atoms with van der Waals surface area (Å²) < 4.78 is 44.2. The number of hydrogen-bond donors (Lipinski definition) is 0. The van der Waals surface area contributed by atoms with Crippen LogP contribution in [0, 0.1) is 12.7 Å². The Morgan fingerprint density at radius 3 is 2.29 bits per heavy atom. The van der Waals surface area contributed by atoms with Crippen molar-refractivity contribution in [3.05, 3.63) is 94.3 Å². The molecule has 1 saturated heterocycles. The molecule has 34 heavy (non-hydrogen) atoms. The van der Waals surface area contributed by atoms with Gasteiger partial charge in [-0.05, 0) is 48.9 Å². The van der Waals surface area contributed by atoms with Crippen LogP contribution in [0.5, 0.6) is 0 Å². The molecule has 1 aliphatic heterocycles. The van der Waals surface area contributed by atoms with Crippen LogP contribution in [0.4, 0.5) is 10.1 Å². The lowest BCUT2D eigenvalue weighted by Crippen LogP contribution is -2.48. The number of benzene rings is 2. The zero-order valence-electron chi connectivity index (χ0n) is 18.6. The zero-order chi connectivity index (χ0) is 23.9. The van der Waals surface area contributed by atoms with E-state index < -0.39 is 15.7 Å². The quantitative estimate of drug-likeness (QED) is 0.438. The van der Waals surface area contributed by atoms with Crippen LogP contribution in [0.1, 0.15) is 11.1 Å². The highest BCUT2D eigenvalue weighted by atomic mass is 32.2. The summed E-state index contributed by atoms with van der Waals surface area (Å²) >= 11 is 0. The molecule has 0 radical (unpaired) electrons. The molecule has 1 aliphatic rings. The number of anilines is 1. The number of rotatable bonds is 5. The van der Waals surface area contributed by atoms with E-state index in [4.69, 9.17) is 0 Å². The third kappa shape index (κ3) is 4.10. The predicted octanol–water partition coefficient (Wildman–Crippen LogP) is 2.50. The van der Waals surface area contributed by atoms with Crippen molar-refractivity contribution in [3.8, 4) is 0 Å². The Kier molecular flexibility index (Phi) is 5.70. The van der Waals surface area contributed by atoms with E-state index in [0.29, 0.717) is 13.1 Å². The molecule has 3 heterocycles. The van der Waals surface area contributed by atoms with E-state index in [2.05, 4.69) is 5.10 Å². The van der Waals surface area contributed by atoms with Gasteiger partial charge >= 0.3 is 5.69 Å². The van der Waals surface area contributed by atoms with Gasteiger partial charge in [0.2, 0.25) is 10.0 Å². The molecule has 10 heteroatoms. The Labute approximate surface area is 196 Å². The van der Waals surface area contributed by atoms with Gasteiger partial charge in [-0.1, -0.05) is 29.8 Å². The van der Waals surface area contributed by atoms with E-state index in [-0.39, 0.29) is 36.0 Å². The first-order chi connectivity index (χ1) is 16.3. The number of nitrogens with zero attached hydrogens (tertiary/aromatic N) is 5. The summed E-state index contributed by atoms with van der Waals surface area (Å²) in [6.45, 7) is 3.73. The van der Waals surface area contributed by atoms with Gasteiger partial charge in [0.15, 0.2) is 5.65 Å². The fourth-order valence-electron chi connectivity index (χ4n) is 4.16. The van der Waals surface area contributed by atoms with Crippen molar-refractivity contribution in [3.63, 3.8) is 0 Å². The van der Waals surface area contributed by atoms with Crippen LogP contribution in [-0.2, 0) is 16.6 Å². The number of fused-ring (bicyclic) bond motifs is 1. The number of sulfonamides is 1. The van der Waals surface area contributed by atoms with Gasteiger partial charge in [-0.25, -0.2) is 26.7 Å². The first kappa shape index (κ1) is 22.3. The van der Waals surface area contributed by atoms with Gasteiger partial charge in [0, 0.05) is 38.1 Å². The maximum absolute atomic E-state index is 13.5. The number of halogens is 1. The Balaban J connectivity index is 1.41. The highest BCUT2D eigenvalue weighted by Crippen LogP contribution is 2.23. The monoisotopic (exact) mass is 481 g/mol. The first-order valence-corrected chi connectivity index (χ1v) is 12.4. The molecule has 4 aromatic rings. The molecule has 8 nitrogen and oxygen atoms in total. The van der Waals surface area contributed by atoms with E-state index in [0.717, 1.165) is 16.8 Å². The van der Waals surface area contributed by atoms with Gasteiger partial charge in [-0.3, -0.25) is 0 Å². The lowest BCUT2D eigenvalue weighted by molar-refractivity contribution is 0.385. The minimum Gasteiger partial charge on any atom is -0.369 e. The summed E-state index contributed by atoms with van der Waals surface area (Å²) in [5, 5.41) is 4.38. The largest absolute Gasteiger partial charge is 0.369 e. The summed E-state index contributed by atoms with van der Waals surface area (Å²) in [4.78, 5) is 14.9. The van der Waals surface area contributed by atoms with Crippen molar-refractivity contribution in [2.45, 2.75) is 18.4 Å². The molecule has 176 valence electrons. The smallest absolute Gasteiger partial charge is 0.350 e. The predicted molar refractivity (Wildman–Crippen MR) is 127 cm³/mol. The molecule has 0 N–H and O–H groups in total. The maximum Gasteiger partial charge on any atom is 0.350 e. The number of hydrogen-bond acceptors (Lipinski definition) is 5. The zero-order valence-corrected chi connectivity index (χ0v) is 19.4. The van der Waals surface area contributed by atoms with Crippen molar-refractivity contribution in [1.29, 1.82) is 0 Å². The van der Waals surface area contributed by atoms with E-state index in [1.165, 1.54) is 37.8 Å². The molecular weight excluding hydrogens is 457 g/mol. The summed E-state index contributed by atoms with van der Waals surface area (Å²) in [5.74, 6) is -0.310.